The van der Waals surface area contributed by atoms with Crippen LogP contribution in [0.5, 0.6) is 0 Å². The van der Waals surface area contributed by atoms with E-state index in [4.69, 9.17) is 9.84 Å². The van der Waals surface area contributed by atoms with E-state index < -0.39 is 18.1 Å². The molecule has 3 rings (SSSR count). The van der Waals surface area contributed by atoms with Gasteiger partial charge in [-0.05, 0) is 47.4 Å². The number of carbonyl (C=O) groups is 3. The number of carboxylic acids is 1. The fraction of sp³-hybridized carbons (Fsp3) is 0.423. The maximum Gasteiger partial charge on any atom is 0.407 e. The monoisotopic (exact) mass is 452 g/mol. The average Bonchev–Trinajstić information content (AvgIpc) is 3.09. The summed E-state index contributed by atoms with van der Waals surface area (Å²) in [6, 6.07) is 15.4. The number of aliphatic carboxylic acids is 1. The molecule has 3 N–H and O–H groups in total. The fourth-order valence-corrected chi connectivity index (χ4v) is 4.43. The van der Waals surface area contributed by atoms with Gasteiger partial charge in [0.2, 0.25) is 5.91 Å². The van der Waals surface area contributed by atoms with E-state index in [2.05, 4.69) is 22.8 Å². The van der Waals surface area contributed by atoms with Gasteiger partial charge in [0.25, 0.3) is 0 Å². The number of carboxylic acid groups (broad SMARTS) is 1. The number of alkyl carbamates (subject to hydrolysis) is 1. The molecular formula is C26H32N2O5. The van der Waals surface area contributed by atoms with Crippen LogP contribution in [0, 0.1) is 11.8 Å². The Morgan fingerprint density at radius 1 is 0.970 bits per heavy atom. The normalized spacial score (nSPS) is 14.2. The first-order chi connectivity index (χ1) is 15.8. The van der Waals surface area contributed by atoms with E-state index in [9.17, 15) is 14.4 Å². The number of nitrogens with one attached hydrogen (secondary N) is 2. The van der Waals surface area contributed by atoms with Gasteiger partial charge in [0, 0.05) is 18.9 Å². The van der Waals surface area contributed by atoms with E-state index >= 15 is 0 Å². The second-order valence-corrected chi connectivity index (χ2v) is 9.03. The molecule has 1 aliphatic carbocycles. The summed E-state index contributed by atoms with van der Waals surface area (Å²) in [6.45, 7) is 6.02. The highest BCUT2D eigenvalue weighted by Gasteiger charge is 2.29. The number of benzene rings is 2. The van der Waals surface area contributed by atoms with Crippen molar-refractivity contribution in [3.8, 4) is 11.1 Å². The van der Waals surface area contributed by atoms with Crippen LogP contribution in [0.15, 0.2) is 48.5 Å². The Balaban J connectivity index is 1.51. The first kappa shape index (κ1) is 24.3. The molecule has 0 saturated heterocycles. The maximum atomic E-state index is 12.4. The number of carbonyl (C=O) groups excluding carboxylic acids is 2. The molecular weight excluding hydrogens is 420 g/mol. The summed E-state index contributed by atoms with van der Waals surface area (Å²) in [4.78, 5) is 35.9. The third-order valence-corrected chi connectivity index (χ3v) is 5.90. The number of ether oxygens (including phenoxy) is 1. The van der Waals surface area contributed by atoms with Crippen LogP contribution in [0.25, 0.3) is 11.1 Å². The van der Waals surface area contributed by atoms with Gasteiger partial charge >= 0.3 is 12.1 Å². The summed E-state index contributed by atoms with van der Waals surface area (Å²) < 4.78 is 5.48. The number of rotatable bonds is 10. The summed E-state index contributed by atoms with van der Waals surface area (Å²) in [5, 5.41) is 14.4. The molecule has 2 atom stereocenters. The van der Waals surface area contributed by atoms with Crippen molar-refractivity contribution in [2.75, 3.05) is 13.2 Å². The Bertz CT molecular complexity index is 958. The molecule has 7 heteroatoms. The van der Waals surface area contributed by atoms with Crippen LogP contribution < -0.4 is 10.6 Å². The third-order valence-electron chi connectivity index (χ3n) is 5.90. The van der Waals surface area contributed by atoms with Crippen molar-refractivity contribution < 1.29 is 24.2 Å². The second-order valence-electron chi connectivity index (χ2n) is 9.03. The van der Waals surface area contributed by atoms with Gasteiger partial charge in [0.05, 0.1) is 0 Å². The summed E-state index contributed by atoms with van der Waals surface area (Å²) >= 11 is 0. The summed E-state index contributed by atoms with van der Waals surface area (Å²) in [7, 11) is 0. The van der Waals surface area contributed by atoms with E-state index in [1.54, 1.807) is 6.92 Å². The lowest BCUT2D eigenvalue weighted by atomic mass is 9.94. The molecule has 0 fully saturated rings. The molecule has 2 aromatic rings. The fourth-order valence-electron chi connectivity index (χ4n) is 4.43. The molecule has 2 aromatic carbocycles. The van der Waals surface area contributed by atoms with E-state index in [1.165, 1.54) is 0 Å². The molecule has 0 aromatic heterocycles. The molecule has 0 aliphatic heterocycles. The van der Waals surface area contributed by atoms with Crippen LogP contribution in [-0.2, 0) is 14.3 Å². The number of amides is 2. The summed E-state index contributed by atoms with van der Waals surface area (Å²) in [6.07, 6.45) is 0.0247. The van der Waals surface area contributed by atoms with E-state index in [0.29, 0.717) is 12.3 Å². The van der Waals surface area contributed by atoms with Crippen molar-refractivity contribution in [1.82, 2.24) is 10.6 Å². The van der Waals surface area contributed by atoms with Gasteiger partial charge < -0.3 is 20.5 Å². The molecule has 1 aliphatic rings. The van der Waals surface area contributed by atoms with Crippen LogP contribution >= 0.6 is 0 Å². The first-order valence-corrected chi connectivity index (χ1v) is 11.4. The van der Waals surface area contributed by atoms with Gasteiger partial charge in [-0.2, -0.15) is 0 Å². The Kier molecular flexibility index (Phi) is 8.09. The highest BCUT2D eigenvalue weighted by molar-refractivity contribution is 5.85. The second kappa shape index (κ2) is 11.0. The topological polar surface area (TPSA) is 105 Å². The van der Waals surface area contributed by atoms with Crippen LogP contribution in [0.1, 0.15) is 50.7 Å². The summed E-state index contributed by atoms with van der Waals surface area (Å²) in [5.74, 6) is -1.15. The van der Waals surface area contributed by atoms with Crippen molar-refractivity contribution in [2.45, 2.75) is 45.6 Å². The van der Waals surface area contributed by atoms with Crippen molar-refractivity contribution in [3.63, 3.8) is 0 Å². The highest BCUT2D eigenvalue weighted by Crippen LogP contribution is 2.44. The molecule has 0 radical (unpaired) electrons. The van der Waals surface area contributed by atoms with Gasteiger partial charge in [-0.15, -0.1) is 0 Å². The number of hydrogen-bond acceptors (Lipinski definition) is 4. The highest BCUT2D eigenvalue weighted by atomic mass is 16.5. The first-order valence-electron chi connectivity index (χ1n) is 11.4. The van der Waals surface area contributed by atoms with Crippen LogP contribution in [0.3, 0.4) is 0 Å². The SMILES string of the molecule is CC(C)CC(CNC(=O)[C@H](C)NC(=O)OCC1c2ccccc2-c2ccccc21)CC(=O)O. The zero-order valence-corrected chi connectivity index (χ0v) is 19.3. The molecule has 0 saturated carbocycles. The maximum absolute atomic E-state index is 12.4. The molecule has 0 heterocycles. The number of hydrogen-bond donors (Lipinski definition) is 3. The van der Waals surface area contributed by atoms with Gasteiger partial charge in [-0.1, -0.05) is 62.4 Å². The van der Waals surface area contributed by atoms with E-state index in [-0.39, 0.29) is 37.3 Å². The van der Waals surface area contributed by atoms with Crippen molar-refractivity contribution in [2.24, 2.45) is 11.8 Å². The lowest BCUT2D eigenvalue weighted by Gasteiger charge is -2.20. The van der Waals surface area contributed by atoms with Crippen molar-refractivity contribution in [3.05, 3.63) is 59.7 Å². The lowest BCUT2D eigenvalue weighted by Crippen LogP contribution is -2.46. The molecule has 1 unspecified atom stereocenters. The Hall–Kier alpha value is -3.35. The predicted octanol–water partition coefficient (Wildman–Crippen LogP) is 4.17. The molecule has 0 spiro atoms. The molecule has 176 valence electrons. The molecule has 33 heavy (non-hydrogen) atoms. The van der Waals surface area contributed by atoms with Crippen molar-refractivity contribution >= 4 is 18.0 Å². The van der Waals surface area contributed by atoms with Crippen LogP contribution in [-0.4, -0.2) is 42.3 Å². The van der Waals surface area contributed by atoms with Gasteiger partial charge in [-0.25, -0.2) is 4.79 Å². The van der Waals surface area contributed by atoms with Crippen LogP contribution in [0.2, 0.25) is 0 Å². The van der Waals surface area contributed by atoms with Crippen molar-refractivity contribution in [1.29, 1.82) is 0 Å². The van der Waals surface area contributed by atoms with Gasteiger partial charge in [0.15, 0.2) is 0 Å². The largest absolute Gasteiger partial charge is 0.481 e. The Morgan fingerprint density at radius 2 is 1.55 bits per heavy atom. The minimum Gasteiger partial charge on any atom is -0.481 e. The molecule has 0 bridgehead atoms. The molecule has 2 amide bonds. The predicted molar refractivity (Wildman–Crippen MR) is 126 cm³/mol. The Morgan fingerprint density at radius 3 is 2.09 bits per heavy atom. The zero-order valence-electron chi connectivity index (χ0n) is 19.3. The lowest BCUT2D eigenvalue weighted by molar-refractivity contribution is -0.138. The zero-order chi connectivity index (χ0) is 24.0. The molecule has 7 nitrogen and oxygen atoms in total. The van der Waals surface area contributed by atoms with Crippen LogP contribution in [0.4, 0.5) is 4.79 Å². The smallest absolute Gasteiger partial charge is 0.407 e. The standard InChI is InChI=1S/C26H32N2O5/c1-16(2)12-18(13-24(29)30)14-27-25(31)17(3)28-26(32)33-15-23-21-10-6-4-8-19(21)20-9-5-7-11-22(20)23/h4-11,16-18,23H,12-15H2,1-3H3,(H,27,31)(H,28,32)(H,29,30)/t17-,18?/m0/s1. The van der Waals surface area contributed by atoms with Gasteiger partial charge in [-0.3, -0.25) is 9.59 Å². The summed E-state index contributed by atoms with van der Waals surface area (Å²) in [5.41, 5.74) is 4.53. The number of fused-ring (bicyclic) bond motifs is 3. The minimum absolute atomic E-state index is 0.00729. The van der Waals surface area contributed by atoms with E-state index in [1.807, 2.05) is 50.2 Å². The minimum atomic E-state index is -0.889. The third kappa shape index (κ3) is 6.34. The Labute approximate surface area is 194 Å². The van der Waals surface area contributed by atoms with Gasteiger partial charge in [0.1, 0.15) is 12.6 Å². The van der Waals surface area contributed by atoms with E-state index in [0.717, 1.165) is 22.3 Å². The quantitative estimate of drug-likeness (QED) is 0.502. The average molecular weight is 453 g/mol.